The zero-order valence-electron chi connectivity index (χ0n) is 11.2. The second-order valence-electron chi connectivity index (χ2n) is 4.70. The van der Waals surface area contributed by atoms with Gasteiger partial charge in [0.2, 0.25) is 0 Å². The van der Waals surface area contributed by atoms with Gasteiger partial charge in [-0.3, -0.25) is 4.68 Å². The highest BCUT2D eigenvalue weighted by molar-refractivity contribution is 5.26. The molecular formula is C14H20N4. The van der Waals surface area contributed by atoms with E-state index in [0.717, 1.165) is 18.5 Å². The molecule has 1 atom stereocenters. The summed E-state index contributed by atoms with van der Waals surface area (Å²) in [6.07, 6.45) is 3.89. The minimum atomic E-state index is 0.391. The molecule has 0 amide bonds. The van der Waals surface area contributed by atoms with E-state index in [9.17, 15) is 0 Å². The van der Waals surface area contributed by atoms with E-state index in [1.54, 1.807) is 4.68 Å². The Kier molecular flexibility index (Phi) is 4.10. The van der Waals surface area contributed by atoms with Crippen LogP contribution >= 0.6 is 0 Å². The van der Waals surface area contributed by atoms with Gasteiger partial charge in [-0.2, -0.15) is 0 Å². The Morgan fingerprint density at radius 2 is 2.06 bits per heavy atom. The highest BCUT2D eigenvalue weighted by atomic mass is 15.4. The molecular weight excluding hydrogens is 224 g/mol. The molecule has 0 aliphatic heterocycles. The van der Waals surface area contributed by atoms with Crippen LogP contribution in [0, 0.1) is 6.92 Å². The molecule has 4 nitrogen and oxygen atoms in total. The summed E-state index contributed by atoms with van der Waals surface area (Å²) >= 11 is 0. The van der Waals surface area contributed by atoms with Gasteiger partial charge in [0.25, 0.3) is 0 Å². The van der Waals surface area contributed by atoms with E-state index in [2.05, 4.69) is 46.8 Å². The number of hydrogen-bond donors (Lipinski definition) is 1. The largest absolute Gasteiger partial charge is 0.316 e. The number of aromatic nitrogens is 3. The quantitative estimate of drug-likeness (QED) is 0.866. The molecule has 0 bridgehead atoms. The van der Waals surface area contributed by atoms with E-state index in [0.29, 0.717) is 6.04 Å². The first-order chi connectivity index (χ1) is 8.69. The number of rotatable bonds is 5. The number of nitrogens with zero attached hydrogens (tertiary/aromatic N) is 3. The average molecular weight is 244 g/mol. The molecule has 0 aliphatic rings. The third-order valence-electron chi connectivity index (χ3n) is 3.24. The van der Waals surface area contributed by atoms with Crippen molar-refractivity contribution in [1.82, 2.24) is 20.3 Å². The van der Waals surface area contributed by atoms with E-state index in [1.807, 2.05) is 20.3 Å². The summed E-state index contributed by atoms with van der Waals surface area (Å²) in [7, 11) is 3.89. The lowest BCUT2D eigenvalue weighted by Crippen LogP contribution is -2.30. The van der Waals surface area contributed by atoms with Gasteiger partial charge >= 0.3 is 0 Å². The fraction of sp³-hybridized carbons (Fsp3) is 0.429. The summed E-state index contributed by atoms with van der Waals surface area (Å²) in [6.45, 7) is 2.16. The molecule has 4 heteroatoms. The van der Waals surface area contributed by atoms with Crippen LogP contribution in [-0.2, 0) is 19.9 Å². The summed E-state index contributed by atoms with van der Waals surface area (Å²) in [5, 5.41) is 11.5. The number of benzene rings is 1. The van der Waals surface area contributed by atoms with Crippen molar-refractivity contribution < 1.29 is 0 Å². The first kappa shape index (κ1) is 12.8. The van der Waals surface area contributed by atoms with E-state index in [1.165, 1.54) is 11.1 Å². The van der Waals surface area contributed by atoms with Crippen LogP contribution in [-0.4, -0.2) is 28.1 Å². The molecule has 96 valence electrons. The Labute approximate surface area is 108 Å². The van der Waals surface area contributed by atoms with E-state index < -0.39 is 0 Å². The lowest BCUT2D eigenvalue weighted by molar-refractivity contribution is 0.548. The number of likely N-dealkylation sites (N-methyl/N-ethyl adjacent to an activating group) is 1. The van der Waals surface area contributed by atoms with Crippen molar-refractivity contribution in [2.24, 2.45) is 7.05 Å². The normalized spacial score (nSPS) is 12.6. The SMILES string of the molecule is CNC(Cc1cn(C)nn1)Cc1ccccc1C. The molecule has 18 heavy (non-hydrogen) atoms. The monoisotopic (exact) mass is 244 g/mol. The van der Waals surface area contributed by atoms with Crippen molar-refractivity contribution >= 4 is 0 Å². The topological polar surface area (TPSA) is 42.7 Å². The Bertz CT molecular complexity index is 504. The van der Waals surface area contributed by atoms with Gasteiger partial charge in [-0.05, 0) is 31.5 Å². The lowest BCUT2D eigenvalue weighted by atomic mass is 9.98. The minimum absolute atomic E-state index is 0.391. The molecule has 1 aromatic heterocycles. The van der Waals surface area contributed by atoms with Gasteiger partial charge in [-0.1, -0.05) is 29.5 Å². The van der Waals surface area contributed by atoms with Gasteiger partial charge in [0.15, 0.2) is 0 Å². The summed E-state index contributed by atoms with van der Waals surface area (Å²) in [4.78, 5) is 0. The molecule has 0 fully saturated rings. The van der Waals surface area contributed by atoms with Crippen molar-refractivity contribution in [1.29, 1.82) is 0 Å². The second kappa shape index (κ2) is 5.78. The van der Waals surface area contributed by atoms with Crippen LogP contribution in [0.3, 0.4) is 0 Å². The zero-order valence-corrected chi connectivity index (χ0v) is 11.2. The standard InChI is InChI=1S/C14H20N4/c1-11-6-4-5-7-12(11)8-13(15-2)9-14-10-18(3)17-16-14/h4-7,10,13,15H,8-9H2,1-3H3. The molecule has 0 saturated heterocycles. The average Bonchev–Trinajstić information content (AvgIpc) is 2.76. The predicted molar refractivity (Wildman–Crippen MR) is 72.4 cm³/mol. The summed E-state index contributed by atoms with van der Waals surface area (Å²) in [5.74, 6) is 0. The Balaban J connectivity index is 2.04. The fourth-order valence-corrected chi connectivity index (χ4v) is 2.12. The predicted octanol–water partition coefficient (Wildman–Crippen LogP) is 1.50. The van der Waals surface area contributed by atoms with E-state index in [-0.39, 0.29) is 0 Å². The van der Waals surface area contributed by atoms with E-state index in [4.69, 9.17) is 0 Å². The Morgan fingerprint density at radius 3 is 2.67 bits per heavy atom. The molecule has 0 aliphatic carbocycles. The maximum atomic E-state index is 4.14. The first-order valence-electron chi connectivity index (χ1n) is 6.26. The minimum Gasteiger partial charge on any atom is -0.316 e. The van der Waals surface area contributed by atoms with Crippen molar-refractivity contribution in [3.8, 4) is 0 Å². The molecule has 1 aromatic carbocycles. The maximum Gasteiger partial charge on any atom is 0.0842 e. The van der Waals surface area contributed by atoms with Crippen LogP contribution in [0.2, 0.25) is 0 Å². The molecule has 1 unspecified atom stereocenters. The van der Waals surface area contributed by atoms with Crippen molar-refractivity contribution in [2.75, 3.05) is 7.05 Å². The van der Waals surface area contributed by atoms with Gasteiger partial charge in [-0.25, -0.2) is 0 Å². The smallest absolute Gasteiger partial charge is 0.0842 e. The fourth-order valence-electron chi connectivity index (χ4n) is 2.12. The van der Waals surface area contributed by atoms with E-state index >= 15 is 0 Å². The van der Waals surface area contributed by atoms with Crippen LogP contribution in [0.4, 0.5) is 0 Å². The number of nitrogens with one attached hydrogen (secondary N) is 1. The summed E-state index contributed by atoms with van der Waals surface area (Å²) in [5.41, 5.74) is 3.77. The molecule has 1 N–H and O–H groups in total. The van der Waals surface area contributed by atoms with Crippen molar-refractivity contribution in [2.45, 2.75) is 25.8 Å². The van der Waals surface area contributed by atoms with Crippen LogP contribution in [0.5, 0.6) is 0 Å². The Morgan fingerprint density at radius 1 is 1.28 bits per heavy atom. The van der Waals surface area contributed by atoms with Crippen LogP contribution in [0.25, 0.3) is 0 Å². The molecule has 0 radical (unpaired) electrons. The van der Waals surface area contributed by atoms with Crippen molar-refractivity contribution in [3.05, 3.63) is 47.3 Å². The molecule has 2 aromatic rings. The third kappa shape index (κ3) is 3.17. The molecule has 1 heterocycles. The number of hydrogen-bond acceptors (Lipinski definition) is 3. The lowest BCUT2D eigenvalue weighted by Gasteiger charge is -2.16. The van der Waals surface area contributed by atoms with Crippen molar-refractivity contribution in [3.63, 3.8) is 0 Å². The van der Waals surface area contributed by atoms with Gasteiger partial charge in [0, 0.05) is 25.7 Å². The zero-order chi connectivity index (χ0) is 13.0. The van der Waals surface area contributed by atoms with Gasteiger partial charge < -0.3 is 5.32 Å². The summed E-state index contributed by atoms with van der Waals surface area (Å²) in [6, 6.07) is 8.91. The molecule has 2 rings (SSSR count). The van der Waals surface area contributed by atoms with Crippen LogP contribution < -0.4 is 5.32 Å². The summed E-state index contributed by atoms with van der Waals surface area (Å²) < 4.78 is 1.75. The van der Waals surface area contributed by atoms with Crippen LogP contribution in [0.1, 0.15) is 16.8 Å². The van der Waals surface area contributed by atoms with Gasteiger partial charge in [0.05, 0.1) is 5.69 Å². The third-order valence-corrected chi connectivity index (χ3v) is 3.24. The Hall–Kier alpha value is -1.68. The first-order valence-corrected chi connectivity index (χ1v) is 6.26. The molecule has 0 spiro atoms. The van der Waals surface area contributed by atoms with Gasteiger partial charge in [0.1, 0.15) is 0 Å². The second-order valence-corrected chi connectivity index (χ2v) is 4.70. The molecule has 0 saturated carbocycles. The number of aryl methyl sites for hydroxylation is 2. The van der Waals surface area contributed by atoms with Crippen LogP contribution in [0.15, 0.2) is 30.5 Å². The highest BCUT2D eigenvalue weighted by Crippen LogP contribution is 2.11. The van der Waals surface area contributed by atoms with Gasteiger partial charge in [-0.15, -0.1) is 5.10 Å². The maximum absolute atomic E-state index is 4.14. The highest BCUT2D eigenvalue weighted by Gasteiger charge is 2.11.